The van der Waals surface area contributed by atoms with Crippen molar-refractivity contribution in [3.8, 4) is 0 Å². The van der Waals surface area contributed by atoms with Crippen molar-refractivity contribution >= 4 is 22.1 Å². The summed E-state index contributed by atoms with van der Waals surface area (Å²) < 4.78 is 0. The van der Waals surface area contributed by atoms with Gasteiger partial charge in [0.05, 0.1) is 0 Å². The monoisotopic (exact) mass is 233 g/mol. The van der Waals surface area contributed by atoms with Crippen molar-refractivity contribution in [2.24, 2.45) is 0 Å². The zero-order valence-corrected chi connectivity index (χ0v) is 10.4. The van der Waals surface area contributed by atoms with Crippen molar-refractivity contribution in [2.45, 2.75) is 6.92 Å². The van der Waals surface area contributed by atoms with Crippen molar-refractivity contribution in [3.05, 3.63) is 72.3 Å². The van der Waals surface area contributed by atoms with Crippen LogP contribution < -0.4 is 5.32 Å². The third-order valence-corrected chi connectivity index (χ3v) is 3.09. The van der Waals surface area contributed by atoms with E-state index in [0.717, 1.165) is 11.4 Å². The smallest absolute Gasteiger partial charge is 0.0390 e. The highest BCUT2D eigenvalue weighted by molar-refractivity contribution is 5.86. The fraction of sp³-hybridized carbons (Fsp3) is 0.0588. The van der Waals surface area contributed by atoms with Crippen LogP contribution in [0.5, 0.6) is 0 Å². The minimum atomic E-state index is 1.12. The van der Waals surface area contributed by atoms with Gasteiger partial charge in [0, 0.05) is 11.4 Å². The zero-order chi connectivity index (χ0) is 12.4. The fourth-order valence-corrected chi connectivity index (χ4v) is 2.07. The van der Waals surface area contributed by atoms with Crippen LogP contribution in [0.4, 0.5) is 11.4 Å². The number of rotatable bonds is 2. The topological polar surface area (TPSA) is 12.0 Å². The van der Waals surface area contributed by atoms with Crippen LogP contribution in [0.15, 0.2) is 66.7 Å². The molecule has 0 saturated heterocycles. The molecule has 0 aliphatic heterocycles. The van der Waals surface area contributed by atoms with Crippen LogP contribution in [0.25, 0.3) is 10.8 Å². The molecule has 18 heavy (non-hydrogen) atoms. The Balaban J connectivity index is 1.92. The maximum Gasteiger partial charge on any atom is 0.0390 e. The van der Waals surface area contributed by atoms with Gasteiger partial charge in [0.25, 0.3) is 0 Å². The zero-order valence-electron chi connectivity index (χ0n) is 10.4. The van der Waals surface area contributed by atoms with Gasteiger partial charge in [-0.25, -0.2) is 0 Å². The first-order valence-electron chi connectivity index (χ1n) is 6.14. The van der Waals surface area contributed by atoms with Crippen molar-refractivity contribution in [1.82, 2.24) is 0 Å². The number of hydrogen-bond donors (Lipinski definition) is 1. The first-order valence-corrected chi connectivity index (χ1v) is 6.14. The largest absolute Gasteiger partial charge is 0.356 e. The molecule has 3 rings (SSSR count). The van der Waals surface area contributed by atoms with E-state index in [0.29, 0.717) is 0 Å². The molecule has 0 fully saturated rings. The van der Waals surface area contributed by atoms with Gasteiger partial charge in [-0.2, -0.15) is 0 Å². The van der Waals surface area contributed by atoms with Crippen LogP contribution in [0.1, 0.15) is 5.56 Å². The molecular formula is C17H15N. The lowest BCUT2D eigenvalue weighted by atomic mass is 10.1. The second kappa shape index (κ2) is 4.53. The molecule has 88 valence electrons. The number of aryl methyl sites for hydroxylation is 1. The average molecular weight is 233 g/mol. The molecule has 0 radical (unpaired) electrons. The van der Waals surface area contributed by atoms with Gasteiger partial charge in [-0.05, 0) is 42.0 Å². The predicted octanol–water partition coefficient (Wildman–Crippen LogP) is 4.89. The number of benzene rings is 3. The van der Waals surface area contributed by atoms with Gasteiger partial charge in [0.1, 0.15) is 0 Å². The van der Waals surface area contributed by atoms with Crippen LogP contribution in [0.3, 0.4) is 0 Å². The Bertz CT molecular complexity index is 669. The van der Waals surface area contributed by atoms with E-state index < -0.39 is 0 Å². The third-order valence-electron chi connectivity index (χ3n) is 3.09. The van der Waals surface area contributed by atoms with Gasteiger partial charge in [-0.15, -0.1) is 0 Å². The van der Waals surface area contributed by atoms with Gasteiger partial charge in [0.2, 0.25) is 0 Å². The molecule has 0 aliphatic carbocycles. The molecule has 3 aromatic rings. The van der Waals surface area contributed by atoms with Gasteiger partial charge in [0.15, 0.2) is 0 Å². The van der Waals surface area contributed by atoms with E-state index in [1.165, 1.54) is 16.3 Å². The van der Waals surface area contributed by atoms with Gasteiger partial charge in [-0.3, -0.25) is 0 Å². The third kappa shape index (κ3) is 2.21. The molecule has 0 bridgehead atoms. The van der Waals surface area contributed by atoms with Crippen LogP contribution in [0.2, 0.25) is 0 Å². The molecule has 3 aromatic carbocycles. The maximum absolute atomic E-state index is 3.42. The Morgan fingerprint density at radius 3 is 2.11 bits per heavy atom. The highest BCUT2D eigenvalue weighted by Crippen LogP contribution is 2.22. The van der Waals surface area contributed by atoms with E-state index in [9.17, 15) is 0 Å². The standard InChI is InChI=1S/C17H15N/c1-13-6-9-16(10-7-13)18-17-11-8-14-4-2-3-5-15(14)12-17/h2-12,18H,1H3. The molecule has 0 atom stereocenters. The lowest BCUT2D eigenvalue weighted by molar-refractivity contribution is 1.46. The number of hydrogen-bond acceptors (Lipinski definition) is 1. The van der Waals surface area contributed by atoms with Crippen molar-refractivity contribution in [1.29, 1.82) is 0 Å². The second-order valence-corrected chi connectivity index (χ2v) is 4.55. The summed E-state index contributed by atoms with van der Waals surface area (Å²) >= 11 is 0. The van der Waals surface area contributed by atoms with Gasteiger partial charge >= 0.3 is 0 Å². The van der Waals surface area contributed by atoms with Crippen LogP contribution in [-0.2, 0) is 0 Å². The summed E-state index contributed by atoms with van der Waals surface area (Å²) in [6, 6.07) is 23.3. The molecule has 1 nitrogen and oxygen atoms in total. The Labute approximate surface area is 107 Å². The quantitative estimate of drug-likeness (QED) is 0.664. The SMILES string of the molecule is Cc1ccc(Nc2ccc3ccccc3c2)cc1. The average Bonchev–Trinajstić information content (AvgIpc) is 2.41. The van der Waals surface area contributed by atoms with Crippen molar-refractivity contribution < 1.29 is 0 Å². The fourth-order valence-electron chi connectivity index (χ4n) is 2.07. The molecule has 0 aliphatic rings. The minimum Gasteiger partial charge on any atom is -0.356 e. The second-order valence-electron chi connectivity index (χ2n) is 4.55. The molecule has 1 heteroatoms. The summed E-state index contributed by atoms with van der Waals surface area (Å²) in [6.45, 7) is 2.10. The highest BCUT2D eigenvalue weighted by atomic mass is 14.9. The summed E-state index contributed by atoms with van der Waals surface area (Å²) in [5.74, 6) is 0. The number of nitrogens with one attached hydrogen (secondary N) is 1. The van der Waals surface area contributed by atoms with E-state index in [4.69, 9.17) is 0 Å². The van der Waals surface area contributed by atoms with Gasteiger partial charge < -0.3 is 5.32 Å². The Morgan fingerprint density at radius 1 is 0.667 bits per heavy atom. The van der Waals surface area contributed by atoms with E-state index >= 15 is 0 Å². The van der Waals surface area contributed by atoms with Gasteiger partial charge in [-0.1, -0.05) is 48.0 Å². The lowest BCUT2D eigenvalue weighted by Crippen LogP contribution is -1.89. The number of fused-ring (bicyclic) bond motifs is 1. The first-order chi connectivity index (χ1) is 8.81. The molecule has 0 saturated carbocycles. The summed E-state index contributed by atoms with van der Waals surface area (Å²) in [5, 5.41) is 5.95. The normalized spacial score (nSPS) is 10.5. The minimum absolute atomic E-state index is 1.12. The molecular weight excluding hydrogens is 218 g/mol. The lowest BCUT2D eigenvalue weighted by Gasteiger charge is -2.08. The summed E-state index contributed by atoms with van der Waals surface area (Å²) in [4.78, 5) is 0. The molecule has 0 spiro atoms. The maximum atomic E-state index is 3.42. The van der Waals surface area contributed by atoms with Crippen LogP contribution >= 0.6 is 0 Å². The Kier molecular flexibility index (Phi) is 2.73. The van der Waals surface area contributed by atoms with Crippen LogP contribution in [0, 0.1) is 6.92 Å². The van der Waals surface area contributed by atoms with Crippen molar-refractivity contribution in [2.75, 3.05) is 5.32 Å². The van der Waals surface area contributed by atoms with E-state index in [-0.39, 0.29) is 0 Å². The summed E-state index contributed by atoms with van der Waals surface area (Å²) in [6.07, 6.45) is 0. The van der Waals surface area contributed by atoms with Crippen LogP contribution in [-0.4, -0.2) is 0 Å². The van der Waals surface area contributed by atoms with E-state index in [1.54, 1.807) is 0 Å². The molecule has 0 unspecified atom stereocenters. The first kappa shape index (κ1) is 10.8. The van der Waals surface area contributed by atoms with E-state index in [2.05, 4.69) is 79.0 Å². The Hall–Kier alpha value is -2.28. The highest BCUT2D eigenvalue weighted by Gasteiger charge is 1.97. The molecule has 0 aromatic heterocycles. The summed E-state index contributed by atoms with van der Waals surface area (Å²) in [5.41, 5.74) is 3.52. The van der Waals surface area contributed by atoms with Crippen molar-refractivity contribution in [3.63, 3.8) is 0 Å². The Morgan fingerprint density at radius 2 is 1.33 bits per heavy atom. The van der Waals surface area contributed by atoms with E-state index in [1.807, 2.05) is 0 Å². The predicted molar refractivity (Wildman–Crippen MR) is 78.4 cm³/mol. The molecule has 0 amide bonds. The molecule has 1 N–H and O–H groups in total. The molecule has 0 heterocycles. The summed E-state index contributed by atoms with van der Waals surface area (Å²) in [7, 11) is 0. The number of anilines is 2.